The molecule has 0 spiro atoms. The van der Waals surface area contributed by atoms with Crippen LogP contribution in [0.4, 0.5) is 18.9 Å². The summed E-state index contributed by atoms with van der Waals surface area (Å²) in [6, 6.07) is 11.7. The number of methoxy groups -OCH3 is 1. The molecule has 0 atom stereocenters. The molecular weight excluding hydrogens is 389 g/mol. The summed E-state index contributed by atoms with van der Waals surface area (Å²) in [5.41, 5.74) is 0.588. The van der Waals surface area contributed by atoms with Crippen molar-refractivity contribution in [3.05, 3.63) is 59.8 Å². The summed E-state index contributed by atoms with van der Waals surface area (Å²) in [5.74, 6) is -1.17. The molecular formula is C20H17F3N2O4. The maximum absolute atomic E-state index is 12.8. The van der Waals surface area contributed by atoms with Crippen LogP contribution in [0.15, 0.2) is 54.2 Å². The highest BCUT2D eigenvalue weighted by Gasteiger charge is 2.39. The van der Waals surface area contributed by atoms with Crippen LogP contribution in [0.2, 0.25) is 0 Å². The minimum Gasteiger partial charge on any atom is -0.496 e. The molecule has 0 fully saturated rings. The molecule has 1 heterocycles. The van der Waals surface area contributed by atoms with Gasteiger partial charge >= 0.3 is 6.36 Å². The van der Waals surface area contributed by atoms with Crippen LogP contribution in [0, 0.1) is 0 Å². The largest absolute Gasteiger partial charge is 0.573 e. The second-order valence-electron chi connectivity index (χ2n) is 6.01. The number of alkyl halides is 3. The van der Waals surface area contributed by atoms with Crippen molar-refractivity contribution in [1.29, 1.82) is 0 Å². The number of halogens is 3. The Balaban J connectivity index is 2.06. The van der Waals surface area contributed by atoms with Crippen molar-refractivity contribution in [2.45, 2.75) is 13.3 Å². The number of imide groups is 1. The smallest absolute Gasteiger partial charge is 0.496 e. The zero-order valence-corrected chi connectivity index (χ0v) is 15.5. The third-order valence-corrected chi connectivity index (χ3v) is 4.20. The van der Waals surface area contributed by atoms with E-state index in [4.69, 9.17) is 4.74 Å². The Morgan fingerprint density at radius 3 is 2.41 bits per heavy atom. The van der Waals surface area contributed by atoms with Crippen molar-refractivity contribution < 1.29 is 32.2 Å². The molecule has 1 N–H and O–H groups in total. The number of hydrogen-bond acceptors (Lipinski definition) is 5. The quantitative estimate of drug-likeness (QED) is 0.739. The van der Waals surface area contributed by atoms with Crippen LogP contribution < -0.4 is 14.8 Å². The minimum atomic E-state index is -4.85. The second-order valence-corrected chi connectivity index (χ2v) is 6.01. The van der Waals surface area contributed by atoms with Gasteiger partial charge in [-0.15, -0.1) is 13.2 Å². The van der Waals surface area contributed by atoms with Crippen LogP contribution in [-0.4, -0.2) is 36.7 Å². The molecule has 0 saturated heterocycles. The van der Waals surface area contributed by atoms with Gasteiger partial charge in [-0.1, -0.05) is 24.3 Å². The zero-order valence-electron chi connectivity index (χ0n) is 15.5. The highest BCUT2D eigenvalue weighted by Crippen LogP contribution is 2.35. The standard InChI is InChI=1S/C20H17F3N2O4/c1-3-25-18(26)16(14-9-4-5-10-15(14)28-2)17(19(25)27)24-12-7-6-8-13(11-12)29-20(21,22)23/h4-11,24H,3H2,1-2H3. The molecule has 2 amide bonds. The van der Waals surface area contributed by atoms with E-state index in [1.54, 1.807) is 31.2 Å². The molecule has 2 aromatic rings. The molecule has 0 aromatic heterocycles. The Kier molecular flexibility index (Phi) is 5.49. The van der Waals surface area contributed by atoms with Crippen LogP contribution in [-0.2, 0) is 9.59 Å². The van der Waals surface area contributed by atoms with Crippen molar-refractivity contribution >= 4 is 23.1 Å². The fraction of sp³-hybridized carbons (Fsp3) is 0.200. The number of hydrogen-bond donors (Lipinski definition) is 1. The van der Waals surface area contributed by atoms with E-state index in [9.17, 15) is 22.8 Å². The monoisotopic (exact) mass is 406 g/mol. The minimum absolute atomic E-state index is 0.0505. The predicted octanol–water partition coefficient (Wildman–Crippen LogP) is 3.81. The van der Waals surface area contributed by atoms with Crippen molar-refractivity contribution in [2.24, 2.45) is 0 Å². The van der Waals surface area contributed by atoms with E-state index in [0.29, 0.717) is 11.3 Å². The first-order valence-electron chi connectivity index (χ1n) is 8.62. The number of nitrogens with one attached hydrogen (secondary N) is 1. The van der Waals surface area contributed by atoms with Crippen LogP contribution in [0.1, 0.15) is 12.5 Å². The SMILES string of the molecule is CCN1C(=O)C(Nc2cccc(OC(F)(F)F)c2)=C(c2ccccc2OC)C1=O. The number of para-hydroxylation sites is 1. The normalized spacial score (nSPS) is 14.4. The van der Waals surface area contributed by atoms with Gasteiger partial charge in [0.25, 0.3) is 11.8 Å². The second kappa shape index (κ2) is 7.86. The average Bonchev–Trinajstić information content (AvgIpc) is 2.90. The third kappa shape index (κ3) is 4.18. The molecule has 29 heavy (non-hydrogen) atoms. The van der Waals surface area contributed by atoms with Crippen molar-refractivity contribution in [3.63, 3.8) is 0 Å². The lowest BCUT2D eigenvalue weighted by atomic mass is 10.0. The number of ether oxygens (including phenoxy) is 2. The maximum atomic E-state index is 12.8. The Morgan fingerprint density at radius 1 is 1.03 bits per heavy atom. The Morgan fingerprint density at radius 2 is 1.76 bits per heavy atom. The lowest BCUT2D eigenvalue weighted by Crippen LogP contribution is -2.32. The Hall–Kier alpha value is -3.49. The van der Waals surface area contributed by atoms with Crippen molar-refractivity contribution in [2.75, 3.05) is 19.0 Å². The summed E-state index contributed by atoms with van der Waals surface area (Å²) in [4.78, 5) is 26.7. The predicted molar refractivity (Wildman–Crippen MR) is 99.1 cm³/mol. The number of rotatable bonds is 6. The van der Waals surface area contributed by atoms with Gasteiger partial charge in [-0.2, -0.15) is 0 Å². The number of carbonyl (C=O) groups is 2. The van der Waals surface area contributed by atoms with E-state index in [-0.39, 0.29) is 23.5 Å². The zero-order chi connectivity index (χ0) is 21.2. The fourth-order valence-electron chi connectivity index (χ4n) is 3.00. The van der Waals surface area contributed by atoms with Crippen molar-refractivity contribution in [3.8, 4) is 11.5 Å². The summed E-state index contributed by atoms with van der Waals surface area (Å²) in [7, 11) is 1.43. The molecule has 3 rings (SSSR count). The first-order chi connectivity index (χ1) is 13.7. The number of nitrogens with zero attached hydrogens (tertiary/aromatic N) is 1. The molecule has 6 nitrogen and oxygen atoms in total. The third-order valence-electron chi connectivity index (χ3n) is 4.20. The van der Waals surface area contributed by atoms with Crippen LogP contribution in [0.5, 0.6) is 11.5 Å². The van der Waals surface area contributed by atoms with Gasteiger partial charge < -0.3 is 14.8 Å². The van der Waals surface area contributed by atoms with Crippen molar-refractivity contribution in [1.82, 2.24) is 4.90 Å². The summed E-state index contributed by atoms with van der Waals surface area (Å²) in [5, 5.41) is 2.78. The number of likely N-dealkylation sites (N-methyl/N-ethyl adjacent to an activating group) is 1. The van der Waals surface area contributed by atoms with Gasteiger partial charge in [-0.25, -0.2) is 0 Å². The molecule has 152 valence electrons. The Bertz CT molecular complexity index is 986. The summed E-state index contributed by atoms with van der Waals surface area (Å²) >= 11 is 0. The van der Waals surface area contributed by atoms with Gasteiger partial charge in [0, 0.05) is 23.9 Å². The molecule has 1 aliphatic heterocycles. The molecule has 0 saturated carbocycles. The summed E-state index contributed by atoms with van der Waals surface area (Å²) in [6.07, 6.45) is -4.85. The number of anilines is 1. The van der Waals surface area contributed by atoms with Crippen LogP contribution in [0.25, 0.3) is 5.57 Å². The van der Waals surface area contributed by atoms with Gasteiger partial charge in [-0.3, -0.25) is 14.5 Å². The van der Waals surface area contributed by atoms with Gasteiger partial charge in [-0.05, 0) is 25.1 Å². The lowest BCUT2D eigenvalue weighted by molar-refractivity contribution is -0.274. The topological polar surface area (TPSA) is 67.9 Å². The van der Waals surface area contributed by atoms with E-state index >= 15 is 0 Å². The first kappa shape index (κ1) is 20.2. The van der Waals surface area contributed by atoms with Crippen LogP contribution in [0.3, 0.4) is 0 Å². The number of carbonyl (C=O) groups excluding carboxylic acids is 2. The van der Waals surface area contributed by atoms with Gasteiger partial charge in [0.2, 0.25) is 0 Å². The first-order valence-corrected chi connectivity index (χ1v) is 8.62. The van der Waals surface area contributed by atoms with Crippen LogP contribution >= 0.6 is 0 Å². The molecule has 0 unspecified atom stereocenters. The molecule has 2 aromatic carbocycles. The Labute approximate surface area is 164 Å². The van der Waals surface area contributed by atoms with E-state index in [0.717, 1.165) is 17.0 Å². The maximum Gasteiger partial charge on any atom is 0.573 e. The number of benzene rings is 2. The molecule has 0 aliphatic carbocycles. The van der Waals surface area contributed by atoms with E-state index in [1.807, 2.05) is 0 Å². The van der Waals surface area contributed by atoms with Gasteiger partial charge in [0.05, 0.1) is 12.7 Å². The summed E-state index contributed by atoms with van der Waals surface area (Å²) < 4.78 is 46.7. The molecule has 1 aliphatic rings. The highest BCUT2D eigenvalue weighted by atomic mass is 19.4. The van der Waals surface area contributed by atoms with E-state index in [2.05, 4.69) is 10.1 Å². The highest BCUT2D eigenvalue weighted by molar-refractivity contribution is 6.37. The van der Waals surface area contributed by atoms with Gasteiger partial charge in [0.15, 0.2) is 0 Å². The molecule has 0 radical (unpaired) electrons. The molecule has 9 heteroatoms. The summed E-state index contributed by atoms with van der Waals surface area (Å²) in [6.45, 7) is 1.79. The average molecular weight is 406 g/mol. The van der Waals surface area contributed by atoms with E-state index in [1.165, 1.54) is 19.2 Å². The van der Waals surface area contributed by atoms with Gasteiger partial charge in [0.1, 0.15) is 17.2 Å². The lowest BCUT2D eigenvalue weighted by Gasteiger charge is -2.13. The van der Waals surface area contributed by atoms with E-state index < -0.39 is 23.9 Å². The fourth-order valence-corrected chi connectivity index (χ4v) is 3.00. The number of amides is 2. The molecule has 0 bridgehead atoms.